The number of halogens is 1. The molecule has 0 spiro atoms. The van der Waals surface area contributed by atoms with E-state index in [-0.39, 0.29) is 57.3 Å². The van der Waals surface area contributed by atoms with Gasteiger partial charge in [-0.15, -0.1) is 30.6 Å². The molecule has 9 heterocycles. The van der Waals surface area contributed by atoms with Crippen molar-refractivity contribution in [1.82, 2.24) is 116 Å². The minimum atomic E-state index is -0.460. The van der Waals surface area contributed by atoms with Crippen LogP contribution in [0.15, 0.2) is 73.6 Å². The number of nitrogens with zero attached hydrogens (tertiary/aromatic N) is 20. The van der Waals surface area contributed by atoms with Crippen LogP contribution >= 0.6 is 11.6 Å². The monoisotopic (exact) mass is 1300 g/mol. The molecule has 7 amide bonds. The third-order valence-corrected chi connectivity index (χ3v) is 14.2. The Balaban J connectivity index is 0.000000155. The van der Waals surface area contributed by atoms with Crippen molar-refractivity contribution in [3.8, 4) is 51.0 Å². The van der Waals surface area contributed by atoms with Gasteiger partial charge in [-0.25, -0.2) is 24.5 Å². The first-order valence-corrected chi connectivity index (χ1v) is 29.4. The lowest BCUT2D eigenvalue weighted by molar-refractivity contribution is 0.0950. The third-order valence-electron chi connectivity index (χ3n) is 14.0. The zero-order valence-corrected chi connectivity index (χ0v) is 53.2. The highest BCUT2D eigenvalue weighted by atomic mass is 35.5. The SMILES string of the molecule is CNC(=O)c1nnc(Cl)cc1Nc1nccc(-c2cnn(C3CC3)n2)c1OC.CNC(=O)c1nnc(NC(=O)N(C)C)cc1Nc1nccc(-c2cnn(C3CC3)n2)c1OC.CNC(=O)c1nnc(NC(=O)N(C)C)cc1Nc1nccc(-c2cnn(C3CC3)n2)c1OC. The fourth-order valence-electron chi connectivity index (χ4n) is 8.72. The number of hydrogen-bond donors (Lipinski definition) is 8. The smallest absolute Gasteiger partial charge is 0.322 e. The van der Waals surface area contributed by atoms with Gasteiger partial charge in [0, 0.05) is 86.1 Å². The summed E-state index contributed by atoms with van der Waals surface area (Å²) < 4.78 is 16.8. The molecule has 8 N–H and O–H groups in total. The Hall–Kier alpha value is -11.9. The lowest BCUT2D eigenvalue weighted by Crippen LogP contribution is -2.28. The number of ether oxygens (including phenoxy) is 3. The van der Waals surface area contributed by atoms with Gasteiger partial charge in [-0.05, 0) is 56.7 Å². The van der Waals surface area contributed by atoms with Gasteiger partial charge < -0.3 is 55.9 Å². The normalized spacial score (nSPS) is 12.9. The molecule has 0 radical (unpaired) electrons. The van der Waals surface area contributed by atoms with E-state index < -0.39 is 17.7 Å². The zero-order valence-electron chi connectivity index (χ0n) is 52.5. The molecule has 0 aliphatic heterocycles. The van der Waals surface area contributed by atoms with Crippen LogP contribution in [0.3, 0.4) is 0 Å². The number of nitrogens with one attached hydrogen (secondary N) is 8. The summed E-state index contributed by atoms with van der Waals surface area (Å²) >= 11 is 5.95. The first-order valence-electron chi connectivity index (χ1n) is 29.0. The number of anilines is 8. The number of aromatic nitrogens is 18. The molecule has 9 aromatic heterocycles. The van der Waals surface area contributed by atoms with Crippen LogP contribution in [0, 0.1) is 0 Å². The van der Waals surface area contributed by atoms with Crippen molar-refractivity contribution in [2.45, 2.75) is 56.7 Å². The molecule has 488 valence electrons. The van der Waals surface area contributed by atoms with Gasteiger partial charge >= 0.3 is 12.1 Å². The van der Waals surface area contributed by atoms with Crippen molar-refractivity contribution in [3.05, 3.63) is 95.8 Å². The third kappa shape index (κ3) is 15.3. The summed E-state index contributed by atoms with van der Waals surface area (Å²) in [5.74, 6) is 1.33. The molecule has 0 bridgehead atoms. The summed E-state index contributed by atoms with van der Waals surface area (Å²) in [6, 6.07) is 10.1. The Labute approximate surface area is 540 Å². The number of hydrogen-bond acceptors (Lipinski definition) is 26. The molecule has 12 rings (SSSR count). The lowest BCUT2D eigenvalue weighted by Gasteiger charge is -2.16. The molecule has 3 aliphatic rings. The topological polar surface area (TPSA) is 424 Å². The summed E-state index contributed by atoms with van der Waals surface area (Å²) in [6.07, 6.45) is 16.3. The molecule has 3 saturated carbocycles. The lowest BCUT2D eigenvalue weighted by atomic mass is 10.2. The fraction of sp³-hybridized carbons (Fsp3) is 0.333. The summed E-state index contributed by atoms with van der Waals surface area (Å²) in [5, 5.41) is 72.2. The number of rotatable bonds is 20. The molecule has 9 aromatic rings. The van der Waals surface area contributed by atoms with E-state index in [0.717, 1.165) is 44.1 Å². The molecule has 36 nitrogen and oxygen atoms in total. The number of pyridine rings is 3. The number of methoxy groups -OCH3 is 3. The first kappa shape index (κ1) is 65.1. The molecular formula is C57H65ClN28O8. The second kappa shape index (κ2) is 29.0. The van der Waals surface area contributed by atoms with E-state index in [1.807, 2.05) is 0 Å². The molecular weight excluding hydrogens is 1240 g/mol. The fourth-order valence-corrected chi connectivity index (χ4v) is 8.87. The molecule has 3 fully saturated rings. The Morgan fingerprint density at radius 3 is 1.06 bits per heavy atom. The van der Waals surface area contributed by atoms with E-state index >= 15 is 0 Å². The van der Waals surface area contributed by atoms with Gasteiger partial charge in [0.05, 0.1) is 91.8 Å². The van der Waals surface area contributed by atoms with Gasteiger partial charge in [0.2, 0.25) is 0 Å². The van der Waals surface area contributed by atoms with Crippen molar-refractivity contribution in [1.29, 1.82) is 0 Å². The van der Waals surface area contributed by atoms with Gasteiger partial charge in [-0.2, -0.15) is 45.0 Å². The van der Waals surface area contributed by atoms with Crippen molar-refractivity contribution >= 4 is 87.5 Å². The summed E-state index contributed by atoms with van der Waals surface area (Å²) in [7, 11) is 15.4. The minimum absolute atomic E-state index is 0.0225. The maximum absolute atomic E-state index is 12.4. The zero-order chi connectivity index (χ0) is 66.7. The summed E-state index contributed by atoms with van der Waals surface area (Å²) in [5.41, 5.74) is 5.09. The Kier molecular flexibility index (Phi) is 20.1. The van der Waals surface area contributed by atoms with Crippen molar-refractivity contribution in [3.63, 3.8) is 0 Å². The van der Waals surface area contributed by atoms with Crippen LogP contribution < -0.4 is 56.7 Å². The van der Waals surface area contributed by atoms with Crippen molar-refractivity contribution in [2.75, 3.05) is 97.2 Å². The Bertz CT molecular complexity index is 4080. The number of carbonyl (C=O) groups is 5. The Morgan fingerprint density at radius 1 is 0.468 bits per heavy atom. The Morgan fingerprint density at radius 2 is 0.777 bits per heavy atom. The largest absolute Gasteiger partial charge is 0.492 e. The molecule has 37 heteroatoms. The average Bonchev–Trinajstić information content (AvgIpc) is 1.70. The second-order valence-corrected chi connectivity index (χ2v) is 21.6. The molecule has 0 aromatic carbocycles. The number of carbonyl (C=O) groups excluding carboxylic acids is 5. The quantitative estimate of drug-likeness (QED) is 0.0462. The van der Waals surface area contributed by atoms with Crippen LogP contribution in [0.5, 0.6) is 17.2 Å². The maximum atomic E-state index is 12.4. The highest BCUT2D eigenvalue weighted by Crippen LogP contribution is 2.42. The van der Waals surface area contributed by atoms with Crippen LogP contribution in [0.4, 0.5) is 55.7 Å². The molecule has 94 heavy (non-hydrogen) atoms. The van der Waals surface area contributed by atoms with E-state index in [4.69, 9.17) is 25.8 Å². The van der Waals surface area contributed by atoms with Crippen molar-refractivity contribution < 1.29 is 38.2 Å². The summed E-state index contributed by atoms with van der Waals surface area (Å²) in [6.45, 7) is 0. The standard InChI is InChI=1S/2C20H24N10O3.C17H17ClN8O2/c2*1-21-19(31)16-13(9-15(26-27-16)25-20(32)29(2)3)24-18-17(33-4)12(7-8-22-18)14-10-23-30(28-14)11-5-6-11;1-19-17(27)14-11(7-13(18)23-24-14)22-16-15(28-2)10(5-6-20-16)12-8-21-26(25-12)9-3-4-9/h2*7-11H,5-6H2,1-4H3,(H,21,31)(H2,22,24,25,26,32);5-9H,3-4H2,1-2H3,(H,19,27)(H,20,22,23). The first-order chi connectivity index (χ1) is 45.4. The van der Waals surface area contributed by atoms with E-state index in [2.05, 4.69) is 119 Å². The van der Waals surface area contributed by atoms with E-state index in [0.29, 0.717) is 86.7 Å². The van der Waals surface area contributed by atoms with Crippen LogP contribution in [-0.4, -0.2) is 201 Å². The van der Waals surface area contributed by atoms with Crippen molar-refractivity contribution in [2.24, 2.45) is 0 Å². The van der Waals surface area contributed by atoms with E-state index in [1.54, 1.807) is 98.0 Å². The highest BCUT2D eigenvalue weighted by molar-refractivity contribution is 6.29. The van der Waals surface area contributed by atoms with Gasteiger partial charge in [0.25, 0.3) is 17.7 Å². The maximum Gasteiger partial charge on any atom is 0.322 e. The second-order valence-electron chi connectivity index (χ2n) is 21.2. The molecule has 0 unspecified atom stereocenters. The number of urea groups is 2. The van der Waals surface area contributed by atoms with Gasteiger partial charge in [-0.1, -0.05) is 11.6 Å². The van der Waals surface area contributed by atoms with Gasteiger partial charge in [-0.3, -0.25) is 25.0 Å². The van der Waals surface area contributed by atoms with Crippen LogP contribution in [0.1, 0.15) is 88.1 Å². The molecule has 0 saturated heterocycles. The van der Waals surface area contributed by atoms with Crippen LogP contribution in [0.2, 0.25) is 5.15 Å². The minimum Gasteiger partial charge on any atom is -0.492 e. The number of amides is 7. The molecule has 3 aliphatic carbocycles. The van der Waals surface area contributed by atoms with Crippen LogP contribution in [-0.2, 0) is 0 Å². The molecule has 0 atom stereocenters. The highest BCUT2D eigenvalue weighted by Gasteiger charge is 2.30. The van der Waals surface area contributed by atoms with E-state index in [9.17, 15) is 24.0 Å². The van der Waals surface area contributed by atoms with Gasteiger partial charge in [0.1, 0.15) is 17.1 Å². The van der Waals surface area contributed by atoms with E-state index in [1.165, 1.54) is 70.5 Å². The predicted octanol–water partition coefficient (Wildman–Crippen LogP) is 5.57. The average molecular weight is 1310 g/mol. The van der Waals surface area contributed by atoms with Gasteiger partial charge in [0.15, 0.2) is 68.6 Å². The predicted molar refractivity (Wildman–Crippen MR) is 341 cm³/mol. The van der Waals surface area contributed by atoms with Crippen LogP contribution in [0.25, 0.3) is 33.8 Å². The summed E-state index contributed by atoms with van der Waals surface area (Å²) in [4.78, 5) is 81.7.